The molecule has 6 heteroatoms. The summed E-state index contributed by atoms with van der Waals surface area (Å²) in [7, 11) is 1.61. The monoisotopic (exact) mass is 433 g/mol. The Kier molecular flexibility index (Phi) is 5.61. The summed E-state index contributed by atoms with van der Waals surface area (Å²) < 4.78 is 6.87. The molecule has 0 unspecified atom stereocenters. The Hall–Kier alpha value is -1.63. The molecule has 0 aromatic heterocycles. The minimum absolute atomic E-state index is 0.0717. The molecule has 1 fully saturated rings. The Morgan fingerprint density at radius 3 is 2.64 bits per heavy atom. The van der Waals surface area contributed by atoms with Gasteiger partial charge in [-0.3, -0.25) is 9.69 Å². The lowest BCUT2D eigenvalue weighted by molar-refractivity contribution is -0.122. The number of amides is 1. The van der Waals surface area contributed by atoms with E-state index < -0.39 is 0 Å². The van der Waals surface area contributed by atoms with Crippen LogP contribution in [0.25, 0.3) is 6.08 Å². The van der Waals surface area contributed by atoms with Gasteiger partial charge >= 0.3 is 0 Å². The lowest BCUT2D eigenvalue weighted by Crippen LogP contribution is -2.27. The van der Waals surface area contributed by atoms with Gasteiger partial charge in [0.2, 0.25) is 0 Å². The first-order chi connectivity index (χ1) is 12.0. The van der Waals surface area contributed by atoms with Gasteiger partial charge in [-0.15, -0.1) is 0 Å². The smallest absolute Gasteiger partial charge is 0.266 e. The first-order valence-electron chi connectivity index (χ1n) is 7.62. The molecule has 3 rings (SSSR count). The van der Waals surface area contributed by atoms with Crippen LogP contribution in [0, 0.1) is 6.92 Å². The number of rotatable bonds is 4. The van der Waals surface area contributed by atoms with E-state index in [2.05, 4.69) is 15.9 Å². The van der Waals surface area contributed by atoms with E-state index in [1.807, 2.05) is 55.5 Å². The summed E-state index contributed by atoms with van der Waals surface area (Å²) in [5.74, 6) is 0.643. The van der Waals surface area contributed by atoms with E-state index in [1.54, 1.807) is 12.0 Å². The first-order valence-corrected chi connectivity index (χ1v) is 9.64. The van der Waals surface area contributed by atoms with E-state index in [4.69, 9.17) is 17.0 Å². The molecule has 2 aromatic carbocycles. The van der Waals surface area contributed by atoms with Gasteiger partial charge in [-0.2, -0.15) is 0 Å². The van der Waals surface area contributed by atoms with Crippen molar-refractivity contribution in [2.45, 2.75) is 13.5 Å². The maximum atomic E-state index is 12.8. The number of hydrogen-bond acceptors (Lipinski definition) is 4. The fraction of sp³-hybridized carbons (Fsp3) is 0.158. The Bertz CT molecular complexity index is 862. The van der Waals surface area contributed by atoms with Crippen molar-refractivity contribution in [3.05, 3.63) is 68.5 Å². The highest BCUT2D eigenvalue weighted by Gasteiger charge is 2.32. The Balaban J connectivity index is 1.86. The van der Waals surface area contributed by atoms with Gasteiger partial charge in [0, 0.05) is 10.0 Å². The molecule has 0 radical (unpaired) electrons. The second-order valence-corrected chi connectivity index (χ2v) is 8.23. The molecule has 1 heterocycles. The van der Waals surface area contributed by atoms with Crippen LogP contribution in [0.3, 0.4) is 0 Å². The van der Waals surface area contributed by atoms with Crippen molar-refractivity contribution < 1.29 is 9.53 Å². The summed E-state index contributed by atoms with van der Waals surface area (Å²) >= 11 is 10.2. The van der Waals surface area contributed by atoms with E-state index in [0.717, 1.165) is 15.6 Å². The van der Waals surface area contributed by atoms with Gasteiger partial charge in [-0.05, 0) is 36.8 Å². The van der Waals surface area contributed by atoms with Gasteiger partial charge in [-0.25, -0.2) is 0 Å². The van der Waals surface area contributed by atoms with Gasteiger partial charge in [0.15, 0.2) is 0 Å². The number of thiocarbonyl (C=S) groups is 1. The maximum absolute atomic E-state index is 12.8. The number of carbonyl (C=O) groups excluding carboxylic acids is 1. The zero-order chi connectivity index (χ0) is 18.0. The SMILES string of the molecule is COc1ccc(Br)cc1/C=C1\SC(=S)N(Cc2ccc(C)cc2)C1=O. The highest BCUT2D eigenvalue weighted by Crippen LogP contribution is 2.35. The Labute approximate surface area is 165 Å². The number of nitrogens with zero attached hydrogens (tertiary/aromatic N) is 1. The minimum atomic E-state index is -0.0717. The molecule has 0 bridgehead atoms. The van der Waals surface area contributed by atoms with E-state index in [-0.39, 0.29) is 5.91 Å². The van der Waals surface area contributed by atoms with Crippen molar-refractivity contribution in [2.75, 3.05) is 7.11 Å². The van der Waals surface area contributed by atoms with Crippen molar-refractivity contribution in [3.8, 4) is 5.75 Å². The van der Waals surface area contributed by atoms with Crippen LogP contribution in [0.2, 0.25) is 0 Å². The van der Waals surface area contributed by atoms with Crippen LogP contribution in [0.5, 0.6) is 5.75 Å². The molecule has 1 aliphatic rings. The molecule has 0 atom stereocenters. The normalized spacial score (nSPS) is 16.0. The molecular weight excluding hydrogens is 418 g/mol. The van der Waals surface area contributed by atoms with E-state index in [0.29, 0.717) is 21.5 Å². The molecule has 1 aliphatic heterocycles. The molecule has 0 saturated carbocycles. The van der Waals surface area contributed by atoms with Crippen molar-refractivity contribution >= 4 is 56.2 Å². The van der Waals surface area contributed by atoms with Gasteiger partial charge in [-0.1, -0.05) is 69.7 Å². The largest absolute Gasteiger partial charge is 0.496 e. The Morgan fingerprint density at radius 2 is 1.96 bits per heavy atom. The van der Waals surface area contributed by atoms with Crippen LogP contribution in [0.1, 0.15) is 16.7 Å². The van der Waals surface area contributed by atoms with Crippen LogP contribution in [0.15, 0.2) is 51.8 Å². The summed E-state index contributed by atoms with van der Waals surface area (Å²) in [6.07, 6.45) is 1.83. The second-order valence-electron chi connectivity index (χ2n) is 5.64. The second kappa shape index (κ2) is 7.72. The lowest BCUT2D eigenvalue weighted by Gasteiger charge is -2.14. The fourth-order valence-corrected chi connectivity index (χ4v) is 4.10. The average molecular weight is 434 g/mol. The number of thioether (sulfide) groups is 1. The predicted octanol–water partition coefficient (Wildman–Crippen LogP) is 5.17. The maximum Gasteiger partial charge on any atom is 0.266 e. The Morgan fingerprint density at radius 1 is 1.24 bits per heavy atom. The van der Waals surface area contributed by atoms with Crippen LogP contribution in [-0.4, -0.2) is 22.2 Å². The number of benzene rings is 2. The summed E-state index contributed by atoms with van der Waals surface area (Å²) in [5, 5.41) is 0. The number of halogens is 1. The molecule has 0 aliphatic carbocycles. The lowest BCUT2D eigenvalue weighted by atomic mass is 10.1. The fourth-order valence-electron chi connectivity index (χ4n) is 2.47. The van der Waals surface area contributed by atoms with Crippen molar-refractivity contribution in [1.82, 2.24) is 4.90 Å². The van der Waals surface area contributed by atoms with Gasteiger partial charge in [0.05, 0.1) is 18.6 Å². The van der Waals surface area contributed by atoms with E-state index >= 15 is 0 Å². The van der Waals surface area contributed by atoms with E-state index in [1.165, 1.54) is 17.3 Å². The molecule has 128 valence electrons. The zero-order valence-corrected chi connectivity index (χ0v) is 17.0. The molecular formula is C19H16BrNO2S2. The highest BCUT2D eigenvalue weighted by atomic mass is 79.9. The molecule has 0 spiro atoms. The van der Waals surface area contributed by atoms with Crippen LogP contribution >= 0.6 is 39.9 Å². The quantitative estimate of drug-likeness (QED) is 0.491. The van der Waals surface area contributed by atoms with Crippen molar-refractivity contribution in [3.63, 3.8) is 0 Å². The third kappa shape index (κ3) is 4.14. The van der Waals surface area contributed by atoms with Crippen LogP contribution in [-0.2, 0) is 11.3 Å². The molecule has 3 nitrogen and oxygen atoms in total. The number of ether oxygens (including phenoxy) is 1. The van der Waals surface area contributed by atoms with Gasteiger partial charge in [0.1, 0.15) is 10.1 Å². The molecule has 2 aromatic rings. The summed E-state index contributed by atoms with van der Waals surface area (Å²) in [6.45, 7) is 2.52. The standard InChI is InChI=1S/C19H16BrNO2S2/c1-12-3-5-13(6-4-12)11-21-18(22)17(25-19(21)24)10-14-9-15(20)7-8-16(14)23-2/h3-10H,11H2,1-2H3/b17-10-. The molecule has 1 saturated heterocycles. The highest BCUT2D eigenvalue weighted by molar-refractivity contribution is 9.10. The number of methoxy groups -OCH3 is 1. The summed E-state index contributed by atoms with van der Waals surface area (Å²) in [5.41, 5.74) is 3.09. The predicted molar refractivity (Wildman–Crippen MR) is 111 cm³/mol. The average Bonchev–Trinajstić information content (AvgIpc) is 2.84. The van der Waals surface area contributed by atoms with Crippen LogP contribution in [0.4, 0.5) is 0 Å². The number of hydrogen-bond donors (Lipinski definition) is 0. The summed E-state index contributed by atoms with van der Waals surface area (Å²) in [4.78, 5) is 15.0. The van der Waals surface area contributed by atoms with Crippen LogP contribution < -0.4 is 4.74 Å². The minimum Gasteiger partial charge on any atom is -0.496 e. The summed E-state index contributed by atoms with van der Waals surface area (Å²) in [6, 6.07) is 13.8. The van der Waals surface area contributed by atoms with E-state index in [9.17, 15) is 4.79 Å². The molecule has 0 N–H and O–H groups in total. The van der Waals surface area contributed by atoms with Gasteiger partial charge < -0.3 is 4.74 Å². The molecule has 25 heavy (non-hydrogen) atoms. The number of aryl methyl sites for hydroxylation is 1. The van der Waals surface area contributed by atoms with Gasteiger partial charge in [0.25, 0.3) is 5.91 Å². The number of carbonyl (C=O) groups is 1. The third-order valence-corrected chi connectivity index (χ3v) is 5.68. The molecule has 1 amide bonds. The van der Waals surface area contributed by atoms with Crippen molar-refractivity contribution in [2.24, 2.45) is 0 Å². The van der Waals surface area contributed by atoms with Crippen molar-refractivity contribution in [1.29, 1.82) is 0 Å². The third-order valence-electron chi connectivity index (χ3n) is 3.81. The first kappa shape index (κ1) is 18.2. The zero-order valence-electron chi connectivity index (χ0n) is 13.8. The topological polar surface area (TPSA) is 29.5 Å².